The highest BCUT2D eigenvalue weighted by Crippen LogP contribution is 2.28. The first-order chi connectivity index (χ1) is 8.76. The van der Waals surface area contributed by atoms with Crippen molar-refractivity contribution in [2.75, 3.05) is 13.7 Å². The molecule has 0 fully saturated rings. The molecule has 0 bridgehead atoms. The molecule has 0 amide bonds. The summed E-state index contributed by atoms with van der Waals surface area (Å²) in [4.78, 5) is 4.37. The van der Waals surface area contributed by atoms with Gasteiger partial charge in [-0.15, -0.1) is 0 Å². The van der Waals surface area contributed by atoms with Crippen molar-refractivity contribution in [2.24, 2.45) is 5.73 Å². The average molecular weight is 265 g/mol. The smallest absolute Gasteiger partial charge is 0.213 e. The number of nitrogens with two attached hydrogens (primary N) is 1. The van der Waals surface area contributed by atoms with E-state index in [9.17, 15) is 0 Å². The zero-order valence-electron chi connectivity index (χ0n) is 10.4. The zero-order valence-corrected chi connectivity index (χ0v) is 11.2. The maximum Gasteiger partial charge on any atom is 0.213 e. The molecule has 0 radical (unpaired) electrons. The second kappa shape index (κ2) is 6.03. The first-order valence-electron chi connectivity index (χ1n) is 6.08. The number of aryl methyl sites for hydroxylation is 1. The number of hydrogen-bond acceptors (Lipinski definition) is 3. The van der Waals surface area contributed by atoms with Gasteiger partial charge in [0.15, 0.2) is 0 Å². The lowest BCUT2D eigenvalue weighted by molar-refractivity contribution is 0.399. The highest BCUT2D eigenvalue weighted by atomic mass is 35.5. The Morgan fingerprint density at radius 3 is 2.78 bits per heavy atom. The number of ether oxygens (including phenoxy) is 1. The molecule has 4 heteroatoms. The molecule has 0 atom stereocenters. The third-order valence-electron chi connectivity index (χ3n) is 2.97. The van der Waals surface area contributed by atoms with E-state index in [-0.39, 0.29) is 0 Å². The molecule has 0 aliphatic rings. The molecule has 0 spiro atoms. The average Bonchev–Trinajstić information content (AvgIpc) is 2.41. The Labute approximate surface area is 112 Å². The van der Waals surface area contributed by atoms with E-state index >= 15 is 0 Å². The number of aromatic nitrogens is 1. The molecular formula is C14H17ClN2O. The molecule has 1 heterocycles. The van der Waals surface area contributed by atoms with Gasteiger partial charge in [0.25, 0.3) is 0 Å². The van der Waals surface area contributed by atoms with Gasteiger partial charge < -0.3 is 10.5 Å². The molecule has 1 aromatic heterocycles. The first-order valence-corrected chi connectivity index (χ1v) is 6.46. The molecule has 2 rings (SSSR count). The van der Waals surface area contributed by atoms with Crippen molar-refractivity contribution >= 4 is 22.5 Å². The van der Waals surface area contributed by atoms with Crippen LogP contribution in [0.25, 0.3) is 10.9 Å². The zero-order chi connectivity index (χ0) is 13.0. The predicted octanol–water partition coefficient (Wildman–Crippen LogP) is 3.18. The van der Waals surface area contributed by atoms with Gasteiger partial charge in [0.2, 0.25) is 5.88 Å². The second-order valence-electron chi connectivity index (χ2n) is 4.20. The Hall–Kier alpha value is -1.32. The molecular weight excluding hydrogens is 248 g/mol. The van der Waals surface area contributed by atoms with E-state index in [1.807, 2.05) is 24.3 Å². The van der Waals surface area contributed by atoms with E-state index in [2.05, 4.69) is 4.98 Å². The fourth-order valence-corrected chi connectivity index (χ4v) is 2.28. The topological polar surface area (TPSA) is 48.1 Å². The van der Waals surface area contributed by atoms with Gasteiger partial charge >= 0.3 is 0 Å². The SMILES string of the molecule is COc1ccc2c(Cl)c(CCCCN)ccc2n1. The summed E-state index contributed by atoms with van der Waals surface area (Å²) < 4.78 is 5.10. The molecule has 18 heavy (non-hydrogen) atoms. The molecule has 1 aromatic carbocycles. The normalized spacial score (nSPS) is 10.8. The van der Waals surface area contributed by atoms with Crippen molar-refractivity contribution in [3.8, 4) is 5.88 Å². The number of benzene rings is 1. The van der Waals surface area contributed by atoms with E-state index < -0.39 is 0 Å². The molecule has 2 N–H and O–H groups in total. The van der Waals surface area contributed by atoms with Gasteiger partial charge in [-0.25, -0.2) is 4.98 Å². The number of fused-ring (bicyclic) bond motifs is 1. The molecule has 3 nitrogen and oxygen atoms in total. The summed E-state index contributed by atoms with van der Waals surface area (Å²) in [5.41, 5.74) is 7.52. The summed E-state index contributed by atoms with van der Waals surface area (Å²) in [6.45, 7) is 0.726. The first kappa shape index (κ1) is 13.1. The Morgan fingerprint density at radius 2 is 2.06 bits per heavy atom. The van der Waals surface area contributed by atoms with Gasteiger partial charge in [0.05, 0.1) is 17.6 Å². The maximum absolute atomic E-state index is 6.40. The van der Waals surface area contributed by atoms with Crippen LogP contribution < -0.4 is 10.5 Å². The summed E-state index contributed by atoms with van der Waals surface area (Å²) in [6, 6.07) is 7.81. The van der Waals surface area contributed by atoms with Crippen LogP contribution in [-0.2, 0) is 6.42 Å². The van der Waals surface area contributed by atoms with Gasteiger partial charge in [-0.2, -0.15) is 0 Å². The Morgan fingerprint density at radius 1 is 1.22 bits per heavy atom. The van der Waals surface area contributed by atoms with Crippen LogP contribution in [0.15, 0.2) is 24.3 Å². The van der Waals surface area contributed by atoms with Crippen molar-refractivity contribution in [3.63, 3.8) is 0 Å². The summed E-state index contributed by atoms with van der Waals surface area (Å²) in [6.07, 6.45) is 3.04. The lowest BCUT2D eigenvalue weighted by atomic mass is 10.1. The van der Waals surface area contributed by atoms with Crippen LogP contribution in [0.2, 0.25) is 5.02 Å². The lowest BCUT2D eigenvalue weighted by Gasteiger charge is -2.08. The van der Waals surface area contributed by atoms with Crippen LogP contribution in [0.4, 0.5) is 0 Å². The third-order valence-corrected chi connectivity index (χ3v) is 3.42. The number of halogens is 1. The fraction of sp³-hybridized carbons (Fsp3) is 0.357. The fourth-order valence-electron chi connectivity index (χ4n) is 1.96. The van der Waals surface area contributed by atoms with Crippen LogP contribution in [0.1, 0.15) is 18.4 Å². The Balaban J connectivity index is 2.32. The number of rotatable bonds is 5. The summed E-state index contributed by atoms with van der Waals surface area (Å²) in [5.74, 6) is 0.606. The standard InChI is InChI=1S/C14H17ClN2O/c1-18-13-8-6-11-12(17-13)7-5-10(14(11)15)4-2-3-9-16/h5-8H,2-4,9,16H2,1H3. The van der Waals surface area contributed by atoms with Crippen LogP contribution in [0.5, 0.6) is 5.88 Å². The minimum atomic E-state index is 0.606. The minimum Gasteiger partial charge on any atom is -0.481 e. The highest BCUT2D eigenvalue weighted by molar-refractivity contribution is 6.36. The molecule has 96 valence electrons. The molecule has 0 saturated heterocycles. The van der Waals surface area contributed by atoms with E-state index in [4.69, 9.17) is 22.1 Å². The number of unbranched alkanes of at least 4 members (excludes halogenated alkanes) is 1. The van der Waals surface area contributed by atoms with Crippen LogP contribution in [-0.4, -0.2) is 18.6 Å². The Kier molecular flexibility index (Phi) is 4.39. The van der Waals surface area contributed by atoms with E-state index in [0.717, 1.165) is 47.3 Å². The third kappa shape index (κ3) is 2.74. The predicted molar refractivity (Wildman–Crippen MR) is 75.3 cm³/mol. The molecule has 0 aliphatic heterocycles. The summed E-state index contributed by atoms with van der Waals surface area (Å²) >= 11 is 6.40. The largest absolute Gasteiger partial charge is 0.481 e. The lowest BCUT2D eigenvalue weighted by Crippen LogP contribution is -1.99. The van der Waals surface area contributed by atoms with Crippen LogP contribution in [0, 0.1) is 0 Å². The maximum atomic E-state index is 6.40. The Bertz CT molecular complexity index is 543. The number of nitrogens with zero attached hydrogens (tertiary/aromatic N) is 1. The highest BCUT2D eigenvalue weighted by Gasteiger charge is 2.07. The van der Waals surface area contributed by atoms with Crippen molar-refractivity contribution in [3.05, 3.63) is 34.9 Å². The van der Waals surface area contributed by atoms with Crippen LogP contribution in [0.3, 0.4) is 0 Å². The van der Waals surface area contributed by atoms with Gasteiger partial charge in [-0.05, 0) is 43.5 Å². The molecule has 0 unspecified atom stereocenters. The molecule has 0 aliphatic carbocycles. The van der Waals surface area contributed by atoms with Crippen LogP contribution >= 0.6 is 11.6 Å². The van der Waals surface area contributed by atoms with Crippen molar-refractivity contribution < 1.29 is 4.74 Å². The van der Waals surface area contributed by atoms with Crippen molar-refractivity contribution in [1.29, 1.82) is 0 Å². The van der Waals surface area contributed by atoms with Gasteiger partial charge in [-0.3, -0.25) is 0 Å². The van der Waals surface area contributed by atoms with E-state index in [1.54, 1.807) is 7.11 Å². The second-order valence-corrected chi connectivity index (χ2v) is 4.58. The number of hydrogen-bond donors (Lipinski definition) is 1. The quantitative estimate of drug-likeness (QED) is 0.844. The molecule has 0 saturated carbocycles. The van der Waals surface area contributed by atoms with E-state index in [0.29, 0.717) is 5.88 Å². The molecule has 2 aromatic rings. The summed E-state index contributed by atoms with van der Waals surface area (Å²) in [5, 5.41) is 1.77. The van der Waals surface area contributed by atoms with Crippen molar-refractivity contribution in [2.45, 2.75) is 19.3 Å². The van der Waals surface area contributed by atoms with Gasteiger partial charge in [-0.1, -0.05) is 17.7 Å². The monoisotopic (exact) mass is 264 g/mol. The number of methoxy groups -OCH3 is 1. The summed E-state index contributed by atoms with van der Waals surface area (Å²) in [7, 11) is 1.61. The van der Waals surface area contributed by atoms with Gasteiger partial charge in [0, 0.05) is 11.5 Å². The van der Waals surface area contributed by atoms with E-state index in [1.165, 1.54) is 0 Å². The van der Waals surface area contributed by atoms with Crippen molar-refractivity contribution in [1.82, 2.24) is 4.98 Å². The number of pyridine rings is 1. The minimum absolute atomic E-state index is 0.606. The van der Waals surface area contributed by atoms with Gasteiger partial charge in [0.1, 0.15) is 0 Å².